The van der Waals surface area contributed by atoms with Crippen LogP contribution in [0, 0.1) is 18.3 Å². The van der Waals surface area contributed by atoms with Crippen molar-refractivity contribution in [1.82, 2.24) is 4.90 Å². The summed E-state index contributed by atoms with van der Waals surface area (Å²) < 4.78 is 0. The Morgan fingerprint density at radius 1 is 1.37 bits per heavy atom. The van der Waals surface area contributed by atoms with Crippen LogP contribution in [-0.4, -0.2) is 11.9 Å². The van der Waals surface area contributed by atoms with Gasteiger partial charge in [-0.15, -0.1) is 11.3 Å². The van der Waals surface area contributed by atoms with Gasteiger partial charge in [-0.05, 0) is 55.6 Å². The molecule has 0 aliphatic rings. The van der Waals surface area contributed by atoms with Gasteiger partial charge in [0, 0.05) is 17.5 Å². The largest absolute Gasteiger partial charge is 0.295 e. The molecule has 1 aromatic heterocycles. The van der Waals surface area contributed by atoms with Crippen LogP contribution in [0.5, 0.6) is 0 Å². The lowest BCUT2D eigenvalue weighted by Gasteiger charge is -2.24. The summed E-state index contributed by atoms with van der Waals surface area (Å²) in [7, 11) is 2.14. The van der Waals surface area contributed by atoms with Gasteiger partial charge in [-0.3, -0.25) is 4.90 Å². The van der Waals surface area contributed by atoms with E-state index in [1.54, 1.807) is 11.3 Å². The number of rotatable bonds is 4. The molecule has 0 fully saturated rings. The topological polar surface area (TPSA) is 27.0 Å². The Morgan fingerprint density at radius 3 is 2.74 bits per heavy atom. The molecule has 0 spiro atoms. The number of benzene rings is 1. The monoisotopic (exact) mass is 270 g/mol. The van der Waals surface area contributed by atoms with E-state index >= 15 is 0 Å². The number of hydrogen-bond acceptors (Lipinski definition) is 3. The van der Waals surface area contributed by atoms with E-state index in [0.29, 0.717) is 6.04 Å². The molecular formula is C16H18N2S. The maximum Gasteiger partial charge on any atom is 0.0991 e. The Hall–Kier alpha value is -1.63. The zero-order valence-electron chi connectivity index (χ0n) is 11.6. The highest BCUT2D eigenvalue weighted by molar-refractivity contribution is 7.10. The van der Waals surface area contributed by atoms with Crippen molar-refractivity contribution in [3.63, 3.8) is 0 Å². The van der Waals surface area contributed by atoms with Crippen molar-refractivity contribution >= 4 is 11.3 Å². The Balaban J connectivity index is 2.11. The SMILES string of the molecule is Cc1cc(C#N)ccc1CN(C)C(C)c1cccs1. The molecule has 3 heteroatoms. The minimum Gasteiger partial charge on any atom is -0.295 e. The first kappa shape index (κ1) is 13.8. The third-order valence-corrected chi connectivity index (χ3v) is 4.55. The van der Waals surface area contributed by atoms with Gasteiger partial charge in [0.15, 0.2) is 0 Å². The maximum absolute atomic E-state index is 8.89. The lowest BCUT2D eigenvalue weighted by atomic mass is 10.0. The third kappa shape index (κ3) is 3.23. The zero-order valence-corrected chi connectivity index (χ0v) is 12.4. The Bertz CT molecular complexity index is 581. The minimum atomic E-state index is 0.412. The van der Waals surface area contributed by atoms with E-state index in [0.717, 1.165) is 12.1 Å². The number of aryl methyl sites for hydroxylation is 1. The predicted octanol–water partition coefficient (Wildman–Crippen LogP) is 4.12. The molecule has 19 heavy (non-hydrogen) atoms. The molecule has 1 atom stereocenters. The lowest BCUT2D eigenvalue weighted by Crippen LogP contribution is -2.21. The van der Waals surface area contributed by atoms with Gasteiger partial charge >= 0.3 is 0 Å². The van der Waals surface area contributed by atoms with E-state index in [9.17, 15) is 0 Å². The summed E-state index contributed by atoms with van der Waals surface area (Å²) in [5, 5.41) is 11.0. The first-order valence-electron chi connectivity index (χ1n) is 6.35. The van der Waals surface area contributed by atoms with Crippen molar-refractivity contribution in [3.8, 4) is 6.07 Å². The van der Waals surface area contributed by atoms with Crippen LogP contribution in [0.15, 0.2) is 35.7 Å². The molecule has 98 valence electrons. The highest BCUT2D eigenvalue weighted by atomic mass is 32.1. The van der Waals surface area contributed by atoms with E-state index in [1.165, 1.54) is 16.0 Å². The van der Waals surface area contributed by atoms with Crippen molar-refractivity contribution in [2.24, 2.45) is 0 Å². The van der Waals surface area contributed by atoms with E-state index in [1.807, 2.05) is 12.1 Å². The van der Waals surface area contributed by atoms with Crippen LogP contribution in [0.3, 0.4) is 0 Å². The summed E-state index contributed by atoms with van der Waals surface area (Å²) >= 11 is 1.80. The van der Waals surface area contributed by atoms with Crippen LogP contribution < -0.4 is 0 Å². The van der Waals surface area contributed by atoms with Crippen LogP contribution in [-0.2, 0) is 6.54 Å². The van der Waals surface area contributed by atoms with Crippen LogP contribution in [0.2, 0.25) is 0 Å². The van der Waals surface area contributed by atoms with Gasteiger partial charge in [0.05, 0.1) is 11.6 Å². The van der Waals surface area contributed by atoms with Gasteiger partial charge in [0.1, 0.15) is 0 Å². The fourth-order valence-corrected chi connectivity index (χ4v) is 2.94. The average Bonchev–Trinajstić information content (AvgIpc) is 2.94. The second-order valence-electron chi connectivity index (χ2n) is 4.86. The molecule has 0 aliphatic heterocycles. The quantitative estimate of drug-likeness (QED) is 0.835. The van der Waals surface area contributed by atoms with Crippen molar-refractivity contribution < 1.29 is 0 Å². The van der Waals surface area contributed by atoms with Gasteiger partial charge < -0.3 is 0 Å². The second kappa shape index (κ2) is 6.01. The molecule has 0 aliphatic carbocycles. The van der Waals surface area contributed by atoms with E-state index < -0.39 is 0 Å². The Labute approximate surface area is 118 Å². The molecule has 2 aromatic rings. The summed E-state index contributed by atoms with van der Waals surface area (Å²) in [6, 6.07) is 12.8. The predicted molar refractivity (Wildman–Crippen MR) is 80.1 cm³/mol. The summed E-state index contributed by atoms with van der Waals surface area (Å²) in [5.74, 6) is 0. The molecule has 0 saturated heterocycles. The molecular weight excluding hydrogens is 252 g/mol. The van der Waals surface area contributed by atoms with Crippen LogP contribution in [0.1, 0.15) is 34.5 Å². The van der Waals surface area contributed by atoms with Gasteiger partial charge in [0.2, 0.25) is 0 Å². The van der Waals surface area contributed by atoms with Gasteiger partial charge in [-0.25, -0.2) is 0 Å². The van der Waals surface area contributed by atoms with Gasteiger partial charge in [-0.1, -0.05) is 12.1 Å². The zero-order chi connectivity index (χ0) is 13.8. The van der Waals surface area contributed by atoms with Crippen LogP contribution >= 0.6 is 11.3 Å². The smallest absolute Gasteiger partial charge is 0.0991 e. The van der Waals surface area contributed by atoms with E-state index in [-0.39, 0.29) is 0 Å². The van der Waals surface area contributed by atoms with Gasteiger partial charge in [-0.2, -0.15) is 5.26 Å². The van der Waals surface area contributed by atoms with Crippen LogP contribution in [0.25, 0.3) is 0 Å². The van der Waals surface area contributed by atoms with E-state index in [2.05, 4.69) is 55.4 Å². The van der Waals surface area contributed by atoms with Gasteiger partial charge in [0.25, 0.3) is 0 Å². The van der Waals surface area contributed by atoms with Crippen molar-refractivity contribution in [2.45, 2.75) is 26.4 Å². The molecule has 2 rings (SSSR count). The molecule has 1 heterocycles. The Kier molecular flexibility index (Phi) is 4.36. The maximum atomic E-state index is 8.89. The molecule has 0 radical (unpaired) electrons. The number of nitriles is 1. The highest BCUT2D eigenvalue weighted by Gasteiger charge is 2.13. The summed E-state index contributed by atoms with van der Waals surface area (Å²) in [6.45, 7) is 5.20. The second-order valence-corrected chi connectivity index (χ2v) is 5.84. The molecule has 0 saturated carbocycles. The number of nitrogens with zero attached hydrogens (tertiary/aromatic N) is 2. The summed E-state index contributed by atoms with van der Waals surface area (Å²) in [4.78, 5) is 3.72. The van der Waals surface area contributed by atoms with Crippen molar-refractivity contribution in [2.75, 3.05) is 7.05 Å². The van der Waals surface area contributed by atoms with Crippen molar-refractivity contribution in [1.29, 1.82) is 5.26 Å². The normalized spacial score (nSPS) is 12.4. The number of thiophene rings is 1. The minimum absolute atomic E-state index is 0.412. The Morgan fingerprint density at radius 2 is 2.16 bits per heavy atom. The first-order chi connectivity index (χ1) is 9.11. The molecule has 1 unspecified atom stereocenters. The molecule has 2 nitrogen and oxygen atoms in total. The molecule has 0 bridgehead atoms. The molecule has 0 N–H and O–H groups in total. The average molecular weight is 270 g/mol. The summed E-state index contributed by atoms with van der Waals surface area (Å²) in [6.07, 6.45) is 0. The highest BCUT2D eigenvalue weighted by Crippen LogP contribution is 2.25. The fraction of sp³-hybridized carbons (Fsp3) is 0.312. The van der Waals surface area contributed by atoms with Crippen LogP contribution in [0.4, 0.5) is 0 Å². The summed E-state index contributed by atoms with van der Waals surface area (Å²) in [5.41, 5.74) is 3.20. The molecule has 1 aromatic carbocycles. The first-order valence-corrected chi connectivity index (χ1v) is 7.23. The van der Waals surface area contributed by atoms with Crippen molar-refractivity contribution in [3.05, 3.63) is 57.3 Å². The standard InChI is InChI=1S/C16H18N2S/c1-12-9-14(10-17)6-7-15(12)11-18(3)13(2)16-5-4-8-19-16/h4-9,13H,11H2,1-3H3. The third-order valence-electron chi connectivity index (χ3n) is 3.51. The lowest BCUT2D eigenvalue weighted by molar-refractivity contribution is 0.256. The number of hydrogen-bond donors (Lipinski definition) is 0. The fourth-order valence-electron chi connectivity index (χ4n) is 2.09. The van der Waals surface area contributed by atoms with E-state index in [4.69, 9.17) is 5.26 Å². The molecule has 0 amide bonds.